The van der Waals surface area contributed by atoms with Gasteiger partial charge in [0.1, 0.15) is 5.75 Å². The fraction of sp³-hybridized carbons (Fsp3) is 0.281. The molecular weight excluding hydrogens is 416 g/mol. The Morgan fingerprint density at radius 1 is 0.706 bits per heavy atom. The lowest BCUT2D eigenvalue weighted by Crippen LogP contribution is -1.97. The van der Waals surface area contributed by atoms with E-state index >= 15 is 0 Å². The Hall–Kier alpha value is -3.39. The molecule has 0 unspecified atom stereocenters. The van der Waals surface area contributed by atoms with Crippen LogP contribution < -0.4 is 4.74 Å². The third kappa shape index (κ3) is 9.23. The summed E-state index contributed by atoms with van der Waals surface area (Å²) in [5.74, 6) is 0.895. The number of benzene rings is 3. The van der Waals surface area contributed by atoms with E-state index in [9.17, 15) is 4.79 Å². The normalized spacial score (nSPS) is 10.9. The molecule has 0 heterocycles. The smallest absolute Gasteiger partial charge is 0.185 e. The van der Waals surface area contributed by atoms with Gasteiger partial charge in [-0.05, 0) is 54.2 Å². The zero-order chi connectivity index (χ0) is 23.8. The van der Waals surface area contributed by atoms with Gasteiger partial charge in [-0.2, -0.15) is 0 Å². The van der Waals surface area contributed by atoms with E-state index in [2.05, 4.69) is 30.8 Å². The topological polar surface area (TPSA) is 26.3 Å². The summed E-state index contributed by atoms with van der Waals surface area (Å²) < 4.78 is 5.87. The Morgan fingerprint density at radius 3 is 2.00 bits per heavy atom. The Balaban J connectivity index is 1.21. The number of allylic oxidation sites excluding steroid dienone is 1. The minimum atomic E-state index is 0.0134. The van der Waals surface area contributed by atoms with Crippen molar-refractivity contribution in [1.29, 1.82) is 0 Å². The average Bonchev–Trinajstić information content (AvgIpc) is 2.90. The molecule has 0 saturated heterocycles. The molecule has 0 amide bonds. The van der Waals surface area contributed by atoms with E-state index < -0.39 is 0 Å². The fourth-order valence-electron chi connectivity index (χ4n) is 3.87. The van der Waals surface area contributed by atoms with Gasteiger partial charge < -0.3 is 4.74 Å². The molecule has 0 radical (unpaired) electrons. The SMILES string of the molecule is C=Cc1ccc(CCCCCCCCCOc2ccc(/C=C/C(=O)c3ccccc3)cc2)cc1. The van der Waals surface area contributed by atoms with Crippen LogP contribution in [0.3, 0.4) is 0 Å². The van der Waals surface area contributed by atoms with Gasteiger partial charge in [-0.15, -0.1) is 0 Å². The minimum absolute atomic E-state index is 0.0134. The summed E-state index contributed by atoms with van der Waals surface area (Å²) in [7, 11) is 0. The molecule has 0 aliphatic carbocycles. The first kappa shape index (κ1) is 25.2. The molecule has 34 heavy (non-hydrogen) atoms. The summed E-state index contributed by atoms with van der Waals surface area (Å²) in [5.41, 5.74) is 4.31. The van der Waals surface area contributed by atoms with Crippen molar-refractivity contribution in [2.45, 2.75) is 51.4 Å². The predicted octanol–water partition coefficient (Wildman–Crippen LogP) is 8.58. The molecule has 0 aliphatic heterocycles. The second-order valence-corrected chi connectivity index (χ2v) is 8.65. The van der Waals surface area contributed by atoms with Crippen LogP contribution >= 0.6 is 0 Å². The van der Waals surface area contributed by atoms with E-state index in [1.165, 1.54) is 56.1 Å². The van der Waals surface area contributed by atoms with E-state index in [1.54, 1.807) is 6.08 Å². The molecule has 0 bridgehead atoms. The first-order valence-corrected chi connectivity index (χ1v) is 12.5. The lowest BCUT2D eigenvalue weighted by atomic mass is 10.0. The number of ether oxygens (including phenoxy) is 1. The fourth-order valence-corrected chi connectivity index (χ4v) is 3.87. The van der Waals surface area contributed by atoms with Crippen LogP contribution in [0, 0.1) is 0 Å². The van der Waals surface area contributed by atoms with Crippen LogP contribution in [-0.4, -0.2) is 12.4 Å². The Labute approximate surface area is 205 Å². The molecule has 0 N–H and O–H groups in total. The van der Waals surface area contributed by atoms with Crippen molar-refractivity contribution in [2.75, 3.05) is 6.61 Å². The molecular formula is C32H36O2. The van der Waals surface area contributed by atoms with Crippen LogP contribution in [0.5, 0.6) is 5.75 Å². The number of aryl methyl sites for hydroxylation is 1. The number of rotatable bonds is 15. The third-order valence-electron chi connectivity index (χ3n) is 5.96. The highest BCUT2D eigenvalue weighted by Crippen LogP contribution is 2.16. The molecule has 0 aromatic heterocycles. The summed E-state index contributed by atoms with van der Waals surface area (Å²) in [6.45, 7) is 4.55. The monoisotopic (exact) mass is 452 g/mol. The van der Waals surface area contributed by atoms with Crippen LogP contribution in [0.2, 0.25) is 0 Å². The van der Waals surface area contributed by atoms with Gasteiger partial charge in [-0.25, -0.2) is 0 Å². The van der Waals surface area contributed by atoms with E-state index in [4.69, 9.17) is 4.74 Å². The second kappa shape index (κ2) is 14.7. The molecule has 3 aromatic carbocycles. The summed E-state index contributed by atoms with van der Waals surface area (Å²) in [6.07, 6.45) is 15.3. The minimum Gasteiger partial charge on any atom is -0.494 e. The molecule has 3 rings (SSSR count). The maximum atomic E-state index is 12.2. The van der Waals surface area contributed by atoms with Crippen LogP contribution in [0.1, 0.15) is 72.0 Å². The standard InChI is InChI=1S/C32H36O2/c1-2-27-16-18-28(19-17-27)13-9-6-4-3-5-7-12-26-34-31-23-20-29(21-24-31)22-25-32(33)30-14-10-8-11-15-30/h2,8,10-11,14-25H,1,3-7,9,12-13,26H2/b25-22+. The van der Waals surface area contributed by atoms with Gasteiger partial charge in [0, 0.05) is 5.56 Å². The van der Waals surface area contributed by atoms with Crippen molar-refractivity contribution in [3.8, 4) is 5.75 Å². The molecule has 0 spiro atoms. The summed E-state index contributed by atoms with van der Waals surface area (Å²) >= 11 is 0. The van der Waals surface area contributed by atoms with Crippen molar-refractivity contribution < 1.29 is 9.53 Å². The van der Waals surface area contributed by atoms with Gasteiger partial charge in [-0.3, -0.25) is 4.79 Å². The first-order chi connectivity index (χ1) is 16.7. The summed E-state index contributed by atoms with van der Waals surface area (Å²) in [5, 5.41) is 0. The average molecular weight is 453 g/mol. The molecule has 3 aromatic rings. The summed E-state index contributed by atoms with van der Waals surface area (Å²) in [6, 6.07) is 25.9. The number of unbranched alkanes of at least 4 members (excludes halogenated alkanes) is 6. The predicted molar refractivity (Wildman–Crippen MR) is 144 cm³/mol. The van der Waals surface area contributed by atoms with Crippen LogP contribution in [0.15, 0.2) is 91.5 Å². The van der Waals surface area contributed by atoms with Crippen molar-refractivity contribution in [3.63, 3.8) is 0 Å². The maximum absolute atomic E-state index is 12.2. The largest absolute Gasteiger partial charge is 0.494 e. The highest BCUT2D eigenvalue weighted by molar-refractivity contribution is 6.06. The van der Waals surface area contributed by atoms with Gasteiger partial charge in [0.15, 0.2) is 5.78 Å². The van der Waals surface area contributed by atoms with Gasteiger partial charge in [0.05, 0.1) is 6.61 Å². The Kier molecular flexibility index (Phi) is 10.9. The van der Waals surface area contributed by atoms with Crippen LogP contribution in [-0.2, 0) is 6.42 Å². The van der Waals surface area contributed by atoms with E-state index in [1.807, 2.05) is 66.7 Å². The molecule has 0 atom stereocenters. The molecule has 0 fully saturated rings. The first-order valence-electron chi connectivity index (χ1n) is 12.5. The number of carbonyl (C=O) groups is 1. The van der Waals surface area contributed by atoms with Gasteiger partial charge in [0.2, 0.25) is 0 Å². The second-order valence-electron chi connectivity index (χ2n) is 8.65. The Bertz CT molecular complexity index is 1010. The molecule has 0 aliphatic rings. The summed E-state index contributed by atoms with van der Waals surface area (Å²) in [4.78, 5) is 12.2. The molecule has 176 valence electrons. The number of hydrogen-bond donors (Lipinski definition) is 0. The van der Waals surface area contributed by atoms with Crippen molar-refractivity contribution in [2.24, 2.45) is 0 Å². The van der Waals surface area contributed by atoms with Gasteiger partial charge >= 0.3 is 0 Å². The highest BCUT2D eigenvalue weighted by atomic mass is 16.5. The van der Waals surface area contributed by atoms with Crippen molar-refractivity contribution >= 4 is 17.9 Å². The van der Waals surface area contributed by atoms with Crippen LogP contribution in [0.4, 0.5) is 0 Å². The third-order valence-corrected chi connectivity index (χ3v) is 5.96. The Morgan fingerprint density at radius 2 is 1.32 bits per heavy atom. The van der Waals surface area contributed by atoms with Crippen molar-refractivity contribution in [1.82, 2.24) is 0 Å². The number of ketones is 1. The van der Waals surface area contributed by atoms with E-state index in [0.29, 0.717) is 5.56 Å². The molecule has 2 nitrogen and oxygen atoms in total. The zero-order valence-corrected chi connectivity index (χ0v) is 20.1. The van der Waals surface area contributed by atoms with Crippen molar-refractivity contribution in [3.05, 3.63) is 114 Å². The maximum Gasteiger partial charge on any atom is 0.185 e. The quantitative estimate of drug-likeness (QED) is 0.131. The van der Waals surface area contributed by atoms with E-state index in [0.717, 1.165) is 24.3 Å². The molecule has 0 saturated carbocycles. The number of hydrogen-bond acceptors (Lipinski definition) is 2. The van der Waals surface area contributed by atoms with E-state index in [-0.39, 0.29) is 5.78 Å². The highest BCUT2D eigenvalue weighted by Gasteiger charge is 2.00. The lowest BCUT2D eigenvalue weighted by Gasteiger charge is -2.07. The molecule has 2 heteroatoms. The van der Waals surface area contributed by atoms with Crippen LogP contribution in [0.25, 0.3) is 12.2 Å². The zero-order valence-electron chi connectivity index (χ0n) is 20.1. The lowest BCUT2D eigenvalue weighted by molar-refractivity contribution is 0.104. The van der Waals surface area contributed by atoms with Gasteiger partial charge in [0.25, 0.3) is 0 Å². The number of carbonyl (C=O) groups excluding carboxylic acids is 1. The van der Waals surface area contributed by atoms with Gasteiger partial charge in [-0.1, -0.05) is 118 Å².